The van der Waals surface area contributed by atoms with Crippen molar-refractivity contribution in [3.05, 3.63) is 11.6 Å². The second-order valence-electron chi connectivity index (χ2n) is 4.63. The largest absolute Gasteiger partial charge is 0.299 e. The molecule has 0 aromatic heterocycles. The van der Waals surface area contributed by atoms with Crippen LogP contribution >= 0.6 is 11.6 Å². The molecule has 0 aromatic carbocycles. The van der Waals surface area contributed by atoms with Crippen molar-refractivity contribution in [3.8, 4) is 0 Å². The Hall–Kier alpha value is -0.130. The van der Waals surface area contributed by atoms with Crippen LogP contribution in [0.2, 0.25) is 0 Å². The van der Waals surface area contributed by atoms with Gasteiger partial charge < -0.3 is 0 Å². The highest BCUT2D eigenvalue weighted by Crippen LogP contribution is 2.18. The average molecular weight is 245 g/mol. The molecule has 5 heteroatoms. The molecule has 0 saturated carbocycles. The SMILES string of the molecule is C=C(Cl)CNCN1CNCN2CCCC2C1. The molecule has 1 unspecified atom stereocenters. The Balaban J connectivity index is 1.75. The number of nitrogens with one attached hydrogen (secondary N) is 2. The van der Waals surface area contributed by atoms with Crippen molar-refractivity contribution in [2.75, 3.05) is 39.6 Å². The van der Waals surface area contributed by atoms with E-state index in [-0.39, 0.29) is 0 Å². The summed E-state index contributed by atoms with van der Waals surface area (Å²) in [5.41, 5.74) is 0. The summed E-state index contributed by atoms with van der Waals surface area (Å²) in [6, 6.07) is 0.732. The monoisotopic (exact) mass is 244 g/mol. The smallest absolute Gasteiger partial charge is 0.0503 e. The Kier molecular flexibility index (Phi) is 4.61. The van der Waals surface area contributed by atoms with Crippen LogP contribution < -0.4 is 10.6 Å². The Morgan fingerprint density at radius 2 is 2.38 bits per heavy atom. The van der Waals surface area contributed by atoms with Gasteiger partial charge in [0, 0.05) is 37.5 Å². The summed E-state index contributed by atoms with van der Waals surface area (Å²) < 4.78 is 0. The maximum Gasteiger partial charge on any atom is 0.0503 e. The third-order valence-corrected chi connectivity index (χ3v) is 3.40. The Labute approximate surface area is 103 Å². The number of hydrogen-bond donors (Lipinski definition) is 2. The summed E-state index contributed by atoms with van der Waals surface area (Å²) >= 11 is 5.72. The van der Waals surface area contributed by atoms with Gasteiger partial charge in [-0.1, -0.05) is 18.2 Å². The first-order chi connectivity index (χ1) is 7.75. The molecule has 2 aliphatic rings. The van der Waals surface area contributed by atoms with Crippen molar-refractivity contribution in [3.63, 3.8) is 0 Å². The molecule has 1 atom stereocenters. The van der Waals surface area contributed by atoms with E-state index in [9.17, 15) is 0 Å². The summed E-state index contributed by atoms with van der Waals surface area (Å²) in [6.45, 7) is 9.61. The van der Waals surface area contributed by atoms with Crippen LogP contribution in [0.1, 0.15) is 12.8 Å². The molecule has 2 saturated heterocycles. The van der Waals surface area contributed by atoms with Crippen LogP contribution in [-0.4, -0.2) is 55.5 Å². The predicted octanol–water partition coefficient (Wildman–Crippen LogP) is 0.571. The zero-order chi connectivity index (χ0) is 11.4. The van der Waals surface area contributed by atoms with E-state index in [1.165, 1.54) is 19.4 Å². The normalized spacial score (nSPS) is 27.7. The van der Waals surface area contributed by atoms with Crippen LogP contribution in [0.15, 0.2) is 11.6 Å². The van der Waals surface area contributed by atoms with Gasteiger partial charge in [0.1, 0.15) is 0 Å². The minimum Gasteiger partial charge on any atom is -0.299 e. The average Bonchev–Trinajstić information content (AvgIpc) is 2.57. The molecule has 0 bridgehead atoms. The lowest BCUT2D eigenvalue weighted by Gasteiger charge is -2.24. The van der Waals surface area contributed by atoms with Gasteiger partial charge in [-0.15, -0.1) is 0 Å². The van der Waals surface area contributed by atoms with Gasteiger partial charge in [-0.2, -0.15) is 0 Å². The summed E-state index contributed by atoms with van der Waals surface area (Å²) in [5, 5.41) is 7.43. The van der Waals surface area contributed by atoms with Crippen LogP contribution in [0.3, 0.4) is 0 Å². The van der Waals surface area contributed by atoms with Crippen LogP contribution in [0, 0.1) is 0 Å². The number of nitrogens with zero attached hydrogens (tertiary/aromatic N) is 2. The van der Waals surface area contributed by atoms with E-state index < -0.39 is 0 Å². The van der Waals surface area contributed by atoms with Gasteiger partial charge >= 0.3 is 0 Å². The maximum atomic E-state index is 5.72. The van der Waals surface area contributed by atoms with E-state index in [1.54, 1.807) is 0 Å². The molecule has 4 nitrogen and oxygen atoms in total. The fraction of sp³-hybridized carbons (Fsp3) is 0.818. The van der Waals surface area contributed by atoms with Gasteiger partial charge in [-0.3, -0.25) is 20.4 Å². The molecule has 0 amide bonds. The van der Waals surface area contributed by atoms with Gasteiger partial charge in [0.05, 0.1) is 6.67 Å². The molecule has 2 rings (SSSR count). The molecule has 16 heavy (non-hydrogen) atoms. The van der Waals surface area contributed by atoms with Gasteiger partial charge in [0.25, 0.3) is 0 Å². The van der Waals surface area contributed by atoms with Gasteiger partial charge in [-0.05, 0) is 19.4 Å². The van der Waals surface area contributed by atoms with Crippen molar-refractivity contribution in [2.45, 2.75) is 18.9 Å². The Morgan fingerprint density at radius 3 is 3.19 bits per heavy atom. The Morgan fingerprint density at radius 1 is 1.50 bits per heavy atom. The number of halogens is 1. The van der Waals surface area contributed by atoms with Crippen molar-refractivity contribution in [1.29, 1.82) is 0 Å². The third kappa shape index (κ3) is 3.43. The van der Waals surface area contributed by atoms with Crippen molar-refractivity contribution >= 4 is 11.6 Å². The lowest BCUT2D eigenvalue weighted by molar-refractivity contribution is 0.212. The highest BCUT2D eigenvalue weighted by Gasteiger charge is 2.28. The zero-order valence-electron chi connectivity index (χ0n) is 9.71. The molecular formula is C11H21ClN4. The highest BCUT2D eigenvalue weighted by atomic mass is 35.5. The van der Waals surface area contributed by atoms with Crippen LogP contribution in [0.5, 0.6) is 0 Å². The second kappa shape index (κ2) is 5.98. The molecule has 2 N–H and O–H groups in total. The van der Waals surface area contributed by atoms with Gasteiger partial charge in [0.2, 0.25) is 0 Å². The van der Waals surface area contributed by atoms with Crippen molar-refractivity contribution in [2.24, 2.45) is 0 Å². The van der Waals surface area contributed by atoms with Crippen molar-refractivity contribution in [1.82, 2.24) is 20.4 Å². The molecule has 0 aliphatic carbocycles. The summed E-state index contributed by atoms with van der Waals surface area (Å²) in [5.74, 6) is 0. The fourth-order valence-electron chi connectivity index (χ4n) is 2.49. The van der Waals surface area contributed by atoms with E-state index in [2.05, 4.69) is 27.0 Å². The first-order valence-corrected chi connectivity index (χ1v) is 6.34. The molecular weight excluding hydrogens is 224 g/mol. The van der Waals surface area contributed by atoms with Crippen LogP contribution in [-0.2, 0) is 0 Å². The number of rotatable bonds is 4. The zero-order valence-corrected chi connectivity index (χ0v) is 10.5. The number of fused-ring (bicyclic) bond motifs is 1. The molecule has 0 radical (unpaired) electrons. The molecule has 2 fully saturated rings. The van der Waals surface area contributed by atoms with E-state index in [1.807, 2.05) is 0 Å². The number of hydrogen-bond acceptors (Lipinski definition) is 4. The van der Waals surface area contributed by atoms with Gasteiger partial charge in [-0.25, -0.2) is 0 Å². The predicted molar refractivity (Wildman–Crippen MR) is 67.2 cm³/mol. The molecule has 0 spiro atoms. The highest BCUT2D eigenvalue weighted by molar-refractivity contribution is 6.29. The van der Waals surface area contributed by atoms with E-state index in [0.717, 1.165) is 32.6 Å². The van der Waals surface area contributed by atoms with Gasteiger partial charge in [0.15, 0.2) is 0 Å². The third-order valence-electron chi connectivity index (χ3n) is 3.27. The second-order valence-corrected chi connectivity index (χ2v) is 5.16. The lowest BCUT2D eigenvalue weighted by Crippen LogP contribution is -2.41. The molecule has 0 aromatic rings. The first-order valence-electron chi connectivity index (χ1n) is 5.97. The molecule has 2 heterocycles. The van der Waals surface area contributed by atoms with E-state index in [0.29, 0.717) is 11.6 Å². The summed E-state index contributed by atoms with van der Waals surface area (Å²) in [6.07, 6.45) is 2.67. The molecule has 2 aliphatic heterocycles. The van der Waals surface area contributed by atoms with E-state index >= 15 is 0 Å². The van der Waals surface area contributed by atoms with Crippen LogP contribution in [0.25, 0.3) is 0 Å². The summed E-state index contributed by atoms with van der Waals surface area (Å²) in [7, 11) is 0. The molecule has 92 valence electrons. The maximum absolute atomic E-state index is 5.72. The minimum absolute atomic E-state index is 0.672. The quantitative estimate of drug-likeness (QED) is 0.757. The summed E-state index contributed by atoms with van der Waals surface area (Å²) in [4.78, 5) is 4.94. The van der Waals surface area contributed by atoms with Crippen molar-refractivity contribution < 1.29 is 0 Å². The van der Waals surface area contributed by atoms with E-state index in [4.69, 9.17) is 11.6 Å². The first kappa shape index (κ1) is 12.3. The minimum atomic E-state index is 0.672. The standard InChI is InChI=1S/C11H21ClN4/c1-10(12)5-13-7-15-6-11-3-2-4-16(11)9-14-8-15/h11,13-14H,1-9H2. The Bertz CT molecular complexity index is 246. The lowest BCUT2D eigenvalue weighted by atomic mass is 10.2. The topological polar surface area (TPSA) is 30.5 Å². The van der Waals surface area contributed by atoms with Crippen LogP contribution in [0.4, 0.5) is 0 Å². The fourth-order valence-corrected chi connectivity index (χ4v) is 2.59.